The topological polar surface area (TPSA) is 101 Å². The van der Waals surface area contributed by atoms with Crippen LogP contribution in [0.4, 0.5) is 5.13 Å². The molecule has 0 radical (unpaired) electrons. The van der Waals surface area contributed by atoms with E-state index in [1.54, 1.807) is 54.3 Å². The van der Waals surface area contributed by atoms with Gasteiger partial charge >= 0.3 is 0 Å². The highest BCUT2D eigenvalue weighted by atomic mass is 32.2. The van der Waals surface area contributed by atoms with E-state index in [4.69, 9.17) is 4.74 Å². The molecule has 2 aliphatic heterocycles. The quantitative estimate of drug-likeness (QED) is 0.574. The van der Waals surface area contributed by atoms with Gasteiger partial charge in [0.15, 0.2) is 5.82 Å². The summed E-state index contributed by atoms with van der Waals surface area (Å²) in [7, 11) is -1.92. The molecule has 2 saturated heterocycles. The summed E-state index contributed by atoms with van der Waals surface area (Å²) in [5, 5.41) is 0.875. The molecule has 0 bridgehead atoms. The van der Waals surface area contributed by atoms with E-state index in [0.29, 0.717) is 35.3 Å². The molecule has 0 unspecified atom stereocenters. The van der Waals surface area contributed by atoms with Gasteiger partial charge in [-0.2, -0.15) is 13.7 Å². The maximum atomic E-state index is 13.0. The molecule has 0 saturated carbocycles. The zero-order valence-corrected chi connectivity index (χ0v) is 18.6. The number of anilines is 1. The molecule has 4 heterocycles. The Hall–Kier alpha value is -2.63. The minimum absolute atomic E-state index is 0.143. The van der Waals surface area contributed by atoms with Crippen molar-refractivity contribution in [3.05, 3.63) is 42.9 Å². The van der Waals surface area contributed by atoms with Gasteiger partial charge in [-0.1, -0.05) is 0 Å². The minimum atomic E-state index is -3.48. The Morgan fingerprint density at radius 1 is 1.10 bits per heavy atom. The van der Waals surface area contributed by atoms with Crippen molar-refractivity contribution in [2.24, 2.45) is 5.41 Å². The molecule has 3 aromatic rings. The second kappa shape index (κ2) is 7.81. The van der Waals surface area contributed by atoms with Crippen LogP contribution in [0.3, 0.4) is 0 Å². The summed E-state index contributed by atoms with van der Waals surface area (Å²) in [5.74, 6) is 1.24. The summed E-state index contributed by atoms with van der Waals surface area (Å²) in [6, 6.07) is 6.57. The maximum absolute atomic E-state index is 13.0. The van der Waals surface area contributed by atoms with Gasteiger partial charge < -0.3 is 9.64 Å². The van der Waals surface area contributed by atoms with Crippen LogP contribution >= 0.6 is 11.5 Å². The molecule has 0 amide bonds. The van der Waals surface area contributed by atoms with Crippen molar-refractivity contribution in [2.75, 3.05) is 38.2 Å². The second-order valence-electron chi connectivity index (χ2n) is 7.93. The van der Waals surface area contributed by atoms with Crippen molar-refractivity contribution < 1.29 is 13.2 Å². The summed E-state index contributed by atoms with van der Waals surface area (Å²) >= 11 is 1.36. The van der Waals surface area contributed by atoms with Crippen LogP contribution in [0, 0.1) is 5.41 Å². The van der Waals surface area contributed by atoms with Crippen LogP contribution in [-0.2, 0) is 10.0 Å². The van der Waals surface area contributed by atoms with Crippen molar-refractivity contribution in [3.8, 4) is 17.3 Å². The molecule has 2 fully saturated rings. The number of aromatic nitrogens is 4. The Morgan fingerprint density at radius 3 is 2.48 bits per heavy atom. The predicted molar refractivity (Wildman–Crippen MR) is 117 cm³/mol. The highest BCUT2D eigenvalue weighted by molar-refractivity contribution is 7.89. The monoisotopic (exact) mass is 458 g/mol. The molecule has 11 heteroatoms. The molecule has 2 aromatic heterocycles. The summed E-state index contributed by atoms with van der Waals surface area (Å²) in [5.41, 5.74) is 0.807. The number of methoxy groups -OCH3 is 1. The lowest BCUT2D eigenvalue weighted by Gasteiger charge is -2.53. The third-order valence-electron chi connectivity index (χ3n) is 6.01. The van der Waals surface area contributed by atoms with Crippen molar-refractivity contribution in [2.45, 2.75) is 17.7 Å². The van der Waals surface area contributed by atoms with Crippen molar-refractivity contribution in [1.29, 1.82) is 0 Å². The van der Waals surface area contributed by atoms with E-state index in [2.05, 4.69) is 24.2 Å². The average Bonchev–Trinajstić information content (AvgIpc) is 3.28. The van der Waals surface area contributed by atoms with E-state index in [1.807, 2.05) is 0 Å². The van der Waals surface area contributed by atoms with E-state index < -0.39 is 10.0 Å². The van der Waals surface area contributed by atoms with E-state index in [-0.39, 0.29) is 5.41 Å². The van der Waals surface area contributed by atoms with Crippen LogP contribution in [0.5, 0.6) is 5.75 Å². The molecule has 0 atom stereocenters. The second-order valence-corrected chi connectivity index (χ2v) is 10.6. The van der Waals surface area contributed by atoms with Gasteiger partial charge in [0.2, 0.25) is 15.2 Å². The first kappa shape index (κ1) is 20.3. The predicted octanol–water partition coefficient (Wildman–Crippen LogP) is 2.29. The molecular weight excluding hydrogens is 436 g/mol. The molecule has 2 aliphatic rings. The molecule has 162 valence electrons. The first-order valence-electron chi connectivity index (χ1n) is 9.98. The number of piperidine rings is 1. The van der Waals surface area contributed by atoms with Crippen LogP contribution in [0.2, 0.25) is 0 Å². The third-order valence-corrected chi connectivity index (χ3v) is 8.70. The molecular formula is C20H22N6O3S2. The standard InChI is InChI=1S/C20H22N6O3S2/c1-29-15-2-4-16(5-3-15)31(27,28)26-10-6-20(7-11-26)13-25(14-20)19-23-18(24-30-19)17-12-21-8-9-22-17/h2-5,8-9,12H,6-7,10-11,13-14H2,1H3. The Balaban J connectivity index is 1.20. The molecule has 5 rings (SSSR count). The number of ether oxygens (including phenoxy) is 1. The number of sulfonamides is 1. The molecule has 1 spiro atoms. The van der Waals surface area contributed by atoms with Gasteiger partial charge in [0.1, 0.15) is 11.4 Å². The number of hydrogen-bond acceptors (Lipinski definition) is 9. The van der Waals surface area contributed by atoms with Crippen LogP contribution < -0.4 is 9.64 Å². The van der Waals surface area contributed by atoms with Gasteiger partial charge in [0.25, 0.3) is 0 Å². The largest absolute Gasteiger partial charge is 0.497 e. The number of benzene rings is 1. The van der Waals surface area contributed by atoms with E-state index in [1.165, 1.54) is 11.5 Å². The summed E-state index contributed by atoms with van der Waals surface area (Å²) in [4.78, 5) is 15.4. The summed E-state index contributed by atoms with van der Waals surface area (Å²) in [6.45, 7) is 2.81. The SMILES string of the molecule is COc1ccc(S(=O)(=O)N2CCC3(CC2)CN(c2nc(-c4cnccn4)ns2)C3)cc1. The summed E-state index contributed by atoms with van der Waals surface area (Å²) < 4.78 is 37.1. The van der Waals surface area contributed by atoms with Crippen molar-refractivity contribution in [3.63, 3.8) is 0 Å². The number of nitrogens with zero attached hydrogens (tertiary/aromatic N) is 6. The van der Waals surface area contributed by atoms with E-state index >= 15 is 0 Å². The number of hydrogen-bond donors (Lipinski definition) is 0. The first-order valence-corrected chi connectivity index (χ1v) is 12.2. The third kappa shape index (κ3) is 3.77. The Bertz CT molecular complexity index is 1150. The lowest BCUT2D eigenvalue weighted by Crippen LogP contribution is -2.61. The zero-order valence-electron chi connectivity index (χ0n) is 17.0. The molecule has 0 N–H and O–H groups in total. The van der Waals surface area contributed by atoms with Gasteiger partial charge in [-0.25, -0.2) is 13.4 Å². The molecule has 31 heavy (non-hydrogen) atoms. The zero-order chi connectivity index (χ0) is 21.5. The van der Waals surface area contributed by atoms with E-state index in [9.17, 15) is 8.42 Å². The fourth-order valence-electron chi connectivity index (χ4n) is 4.18. The fraction of sp³-hybridized carbons (Fsp3) is 0.400. The van der Waals surface area contributed by atoms with Gasteiger partial charge in [-0.3, -0.25) is 4.98 Å². The molecule has 9 nitrogen and oxygen atoms in total. The maximum Gasteiger partial charge on any atom is 0.243 e. The van der Waals surface area contributed by atoms with Crippen LogP contribution in [0.1, 0.15) is 12.8 Å². The minimum Gasteiger partial charge on any atom is -0.497 e. The highest BCUT2D eigenvalue weighted by Gasteiger charge is 2.47. The average molecular weight is 459 g/mol. The Morgan fingerprint density at radius 2 is 1.84 bits per heavy atom. The number of rotatable bonds is 5. The van der Waals surface area contributed by atoms with Gasteiger partial charge in [0.05, 0.1) is 18.2 Å². The lowest BCUT2D eigenvalue weighted by atomic mass is 9.73. The van der Waals surface area contributed by atoms with Gasteiger partial charge in [0, 0.05) is 55.5 Å². The Kier molecular flexibility index (Phi) is 5.11. The van der Waals surface area contributed by atoms with Crippen molar-refractivity contribution in [1.82, 2.24) is 23.6 Å². The van der Waals surface area contributed by atoms with Gasteiger partial charge in [-0.05, 0) is 37.1 Å². The normalized spacial score (nSPS) is 18.7. The first-order chi connectivity index (χ1) is 15.0. The van der Waals surface area contributed by atoms with Crippen LogP contribution in [0.15, 0.2) is 47.8 Å². The molecule has 1 aromatic carbocycles. The lowest BCUT2D eigenvalue weighted by molar-refractivity contribution is 0.115. The van der Waals surface area contributed by atoms with Crippen molar-refractivity contribution >= 4 is 26.7 Å². The molecule has 0 aliphatic carbocycles. The van der Waals surface area contributed by atoms with Crippen LogP contribution in [-0.4, -0.2) is 65.3 Å². The van der Waals surface area contributed by atoms with Gasteiger partial charge in [-0.15, -0.1) is 0 Å². The fourth-order valence-corrected chi connectivity index (χ4v) is 6.29. The smallest absolute Gasteiger partial charge is 0.243 e. The van der Waals surface area contributed by atoms with E-state index in [0.717, 1.165) is 31.1 Å². The Labute approximate surface area is 185 Å². The summed E-state index contributed by atoms with van der Waals surface area (Å²) in [6.07, 6.45) is 6.59. The van der Waals surface area contributed by atoms with Crippen LogP contribution in [0.25, 0.3) is 11.5 Å². The highest BCUT2D eigenvalue weighted by Crippen LogP contribution is 2.44.